The highest BCUT2D eigenvalue weighted by molar-refractivity contribution is 6.30. The number of nitrogens with one attached hydrogen (secondary N) is 2. The van der Waals surface area contributed by atoms with Crippen molar-refractivity contribution in [2.24, 2.45) is 0 Å². The van der Waals surface area contributed by atoms with Gasteiger partial charge in [0.05, 0.1) is 0 Å². The molecule has 3 rings (SSSR count). The minimum absolute atomic E-state index is 0.208. The number of aryl methyl sites for hydroxylation is 1. The monoisotopic (exact) mass is 352 g/mol. The lowest BCUT2D eigenvalue weighted by Gasteiger charge is -2.07. The summed E-state index contributed by atoms with van der Waals surface area (Å²) in [4.78, 5) is 12.2. The number of aromatic nitrogens is 2. The molecule has 0 aliphatic rings. The van der Waals surface area contributed by atoms with E-state index >= 15 is 0 Å². The van der Waals surface area contributed by atoms with E-state index in [2.05, 4.69) is 20.8 Å². The molecule has 1 amide bonds. The second-order valence-corrected chi connectivity index (χ2v) is 6.04. The van der Waals surface area contributed by atoms with Crippen molar-refractivity contribution in [2.75, 3.05) is 10.6 Å². The van der Waals surface area contributed by atoms with Crippen LogP contribution in [0, 0.1) is 6.92 Å². The molecule has 126 valence electrons. The molecular formula is C19H17ClN4O. The zero-order valence-corrected chi connectivity index (χ0v) is 14.4. The van der Waals surface area contributed by atoms with Crippen LogP contribution in [-0.2, 0) is 6.54 Å². The highest BCUT2D eigenvalue weighted by Crippen LogP contribution is 2.13. The first kappa shape index (κ1) is 16.9. The van der Waals surface area contributed by atoms with Gasteiger partial charge in [-0.1, -0.05) is 41.4 Å². The van der Waals surface area contributed by atoms with Gasteiger partial charge in [0.1, 0.15) is 5.82 Å². The van der Waals surface area contributed by atoms with Crippen LogP contribution in [0.4, 0.5) is 11.6 Å². The number of nitrogens with zero attached hydrogens (tertiary/aromatic N) is 2. The van der Waals surface area contributed by atoms with Gasteiger partial charge in [-0.3, -0.25) is 4.79 Å². The molecule has 25 heavy (non-hydrogen) atoms. The third-order valence-corrected chi connectivity index (χ3v) is 3.83. The largest absolute Gasteiger partial charge is 0.365 e. The molecular weight excluding hydrogens is 336 g/mol. The fraction of sp³-hybridized carbons (Fsp3) is 0.105. The van der Waals surface area contributed by atoms with Crippen molar-refractivity contribution in [3.05, 3.63) is 82.4 Å². The molecule has 3 aromatic rings. The molecule has 0 aliphatic heterocycles. The van der Waals surface area contributed by atoms with Crippen LogP contribution in [0.5, 0.6) is 0 Å². The maximum atomic E-state index is 12.2. The molecule has 0 saturated carbocycles. The number of hydrogen-bond donors (Lipinski definition) is 2. The Hall–Kier alpha value is -2.92. The van der Waals surface area contributed by atoms with Crippen LogP contribution >= 0.6 is 11.6 Å². The smallest absolute Gasteiger partial charge is 0.256 e. The van der Waals surface area contributed by atoms with Gasteiger partial charge in [-0.2, -0.15) is 0 Å². The van der Waals surface area contributed by atoms with E-state index in [0.29, 0.717) is 28.8 Å². The third-order valence-electron chi connectivity index (χ3n) is 3.57. The minimum Gasteiger partial charge on any atom is -0.365 e. The van der Waals surface area contributed by atoms with E-state index in [1.165, 1.54) is 0 Å². The van der Waals surface area contributed by atoms with Crippen LogP contribution in [-0.4, -0.2) is 16.1 Å². The maximum absolute atomic E-state index is 12.2. The second kappa shape index (κ2) is 7.77. The molecule has 1 heterocycles. The summed E-state index contributed by atoms with van der Waals surface area (Å²) in [6.07, 6.45) is 0. The lowest BCUT2D eigenvalue weighted by atomic mass is 10.1. The van der Waals surface area contributed by atoms with Crippen molar-refractivity contribution < 1.29 is 4.79 Å². The van der Waals surface area contributed by atoms with Crippen LogP contribution in [0.2, 0.25) is 5.02 Å². The number of benzene rings is 2. The summed E-state index contributed by atoms with van der Waals surface area (Å²) in [7, 11) is 0. The summed E-state index contributed by atoms with van der Waals surface area (Å²) in [5.41, 5.74) is 2.70. The number of amides is 1. The third kappa shape index (κ3) is 4.78. The molecule has 0 spiro atoms. The number of rotatable bonds is 5. The first-order chi connectivity index (χ1) is 12.1. The molecule has 0 bridgehead atoms. The Labute approximate surface area is 151 Å². The lowest BCUT2D eigenvalue weighted by molar-refractivity contribution is 0.102. The van der Waals surface area contributed by atoms with Crippen LogP contribution in [0.3, 0.4) is 0 Å². The van der Waals surface area contributed by atoms with Crippen molar-refractivity contribution in [3.8, 4) is 0 Å². The van der Waals surface area contributed by atoms with Gasteiger partial charge < -0.3 is 10.6 Å². The molecule has 0 atom stereocenters. The normalized spacial score (nSPS) is 10.3. The molecule has 6 heteroatoms. The first-order valence-corrected chi connectivity index (χ1v) is 8.18. The quantitative estimate of drug-likeness (QED) is 0.718. The molecule has 1 aromatic heterocycles. The van der Waals surface area contributed by atoms with Crippen LogP contribution in [0.25, 0.3) is 0 Å². The minimum atomic E-state index is -0.208. The predicted octanol–water partition coefficient (Wildman–Crippen LogP) is 4.30. The van der Waals surface area contributed by atoms with E-state index in [9.17, 15) is 4.79 Å². The Balaban J connectivity index is 1.58. The van der Waals surface area contributed by atoms with Crippen molar-refractivity contribution in [2.45, 2.75) is 13.5 Å². The fourth-order valence-corrected chi connectivity index (χ4v) is 2.39. The Morgan fingerprint density at radius 1 is 1.00 bits per heavy atom. The SMILES string of the molecule is Cc1cccc(C(=O)Nc2ccc(NCc3ccc(Cl)cc3)nn2)c1. The summed E-state index contributed by atoms with van der Waals surface area (Å²) in [6.45, 7) is 2.55. The van der Waals surface area contributed by atoms with Gasteiger partial charge in [-0.15, -0.1) is 10.2 Å². The number of anilines is 2. The molecule has 0 radical (unpaired) electrons. The van der Waals surface area contributed by atoms with Gasteiger partial charge in [0.2, 0.25) is 0 Å². The summed E-state index contributed by atoms with van der Waals surface area (Å²) < 4.78 is 0. The zero-order valence-electron chi connectivity index (χ0n) is 13.7. The van der Waals surface area contributed by atoms with E-state index in [0.717, 1.165) is 11.1 Å². The van der Waals surface area contributed by atoms with Gasteiger partial charge >= 0.3 is 0 Å². The summed E-state index contributed by atoms with van der Waals surface area (Å²) in [6, 6.07) is 18.4. The fourth-order valence-electron chi connectivity index (χ4n) is 2.26. The van der Waals surface area contributed by atoms with Crippen LogP contribution in [0.1, 0.15) is 21.5 Å². The molecule has 0 fully saturated rings. The van der Waals surface area contributed by atoms with E-state index in [4.69, 9.17) is 11.6 Å². The van der Waals surface area contributed by atoms with Crippen molar-refractivity contribution >= 4 is 29.1 Å². The van der Waals surface area contributed by atoms with Gasteiger partial charge in [-0.25, -0.2) is 0 Å². The van der Waals surface area contributed by atoms with Crippen molar-refractivity contribution in [3.63, 3.8) is 0 Å². The standard InChI is InChI=1S/C19H17ClN4O/c1-13-3-2-4-15(11-13)19(25)22-18-10-9-17(23-24-18)21-12-14-5-7-16(20)8-6-14/h2-11H,12H2,1H3,(H,21,23)(H,22,24,25). The maximum Gasteiger partial charge on any atom is 0.256 e. The van der Waals surface area contributed by atoms with E-state index in [1.54, 1.807) is 18.2 Å². The average Bonchev–Trinajstić information content (AvgIpc) is 2.62. The molecule has 0 aliphatic carbocycles. The Bertz CT molecular complexity index is 863. The molecule has 0 unspecified atom stereocenters. The Morgan fingerprint density at radius 3 is 2.40 bits per heavy atom. The number of carbonyl (C=O) groups is 1. The van der Waals surface area contributed by atoms with Gasteiger partial charge in [0, 0.05) is 17.1 Å². The first-order valence-electron chi connectivity index (χ1n) is 7.80. The summed E-state index contributed by atoms with van der Waals surface area (Å²) >= 11 is 5.86. The average molecular weight is 353 g/mol. The van der Waals surface area contributed by atoms with E-state index in [-0.39, 0.29) is 5.91 Å². The zero-order chi connectivity index (χ0) is 17.6. The van der Waals surface area contributed by atoms with Gasteiger partial charge in [-0.05, 0) is 48.9 Å². The summed E-state index contributed by atoms with van der Waals surface area (Å²) in [5, 5.41) is 14.7. The van der Waals surface area contributed by atoms with E-state index in [1.807, 2.05) is 49.4 Å². The molecule has 2 aromatic carbocycles. The topological polar surface area (TPSA) is 66.9 Å². The predicted molar refractivity (Wildman–Crippen MR) is 99.9 cm³/mol. The van der Waals surface area contributed by atoms with Crippen LogP contribution < -0.4 is 10.6 Å². The Kier molecular flexibility index (Phi) is 5.26. The van der Waals surface area contributed by atoms with Crippen molar-refractivity contribution in [1.29, 1.82) is 0 Å². The van der Waals surface area contributed by atoms with E-state index < -0.39 is 0 Å². The number of halogens is 1. The second-order valence-electron chi connectivity index (χ2n) is 5.61. The number of hydrogen-bond acceptors (Lipinski definition) is 4. The molecule has 0 saturated heterocycles. The lowest BCUT2D eigenvalue weighted by Crippen LogP contribution is -2.13. The van der Waals surface area contributed by atoms with Crippen LogP contribution in [0.15, 0.2) is 60.7 Å². The number of carbonyl (C=O) groups excluding carboxylic acids is 1. The van der Waals surface area contributed by atoms with Crippen molar-refractivity contribution in [1.82, 2.24) is 10.2 Å². The molecule has 2 N–H and O–H groups in total. The highest BCUT2D eigenvalue weighted by atomic mass is 35.5. The Morgan fingerprint density at radius 2 is 1.72 bits per heavy atom. The highest BCUT2D eigenvalue weighted by Gasteiger charge is 2.07. The van der Waals surface area contributed by atoms with Gasteiger partial charge in [0.25, 0.3) is 5.91 Å². The van der Waals surface area contributed by atoms with Gasteiger partial charge in [0.15, 0.2) is 5.82 Å². The molecule has 5 nitrogen and oxygen atoms in total. The summed E-state index contributed by atoms with van der Waals surface area (Å²) in [5.74, 6) is 0.826.